The summed E-state index contributed by atoms with van der Waals surface area (Å²) in [6.07, 6.45) is 4.57. The second kappa shape index (κ2) is 6.07. The second-order valence-electron chi connectivity index (χ2n) is 6.56. The van der Waals surface area contributed by atoms with Crippen LogP contribution in [-0.2, 0) is 5.54 Å². The molecule has 1 fully saturated rings. The monoisotopic (exact) mass is 304 g/mol. The molecule has 5 nitrogen and oxygen atoms in total. The van der Waals surface area contributed by atoms with E-state index in [9.17, 15) is 4.79 Å². The van der Waals surface area contributed by atoms with E-state index in [-0.39, 0.29) is 6.03 Å². The summed E-state index contributed by atoms with van der Waals surface area (Å²) in [5.74, 6) is 1.51. The zero-order valence-corrected chi connectivity index (χ0v) is 13.3. The van der Waals surface area contributed by atoms with Crippen molar-refractivity contribution in [2.75, 3.05) is 13.2 Å². The molecule has 0 bridgehead atoms. The number of carbonyl (C=O) groups excluding carboxylic acids is 1. The van der Waals surface area contributed by atoms with E-state index in [0.29, 0.717) is 19.3 Å². The largest absolute Gasteiger partial charge is 0.486 e. The molecule has 0 unspecified atom stereocenters. The number of nitrogens with one attached hydrogen (secondary N) is 2. The van der Waals surface area contributed by atoms with Gasteiger partial charge < -0.3 is 20.1 Å². The van der Waals surface area contributed by atoms with Crippen LogP contribution in [0.3, 0.4) is 0 Å². The molecule has 0 radical (unpaired) electrons. The van der Waals surface area contributed by atoms with Crippen LogP contribution in [0.15, 0.2) is 18.2 Å². The predicted octanol–water partition coefficient (Wildman–Crippen LogP) is 2.93. The quantitative estimate of drug-likeness (QED) is 0.902. The van der Waals surface area contributed by atoms with Crippen molar-refractivity contribution in [2.24, 2.45) is 0 Å². The van der Waals surface area contributed by atoms with E-state index in [2.05, 4.69) is 10.6 Å². The molecule has 2 N–H and O–H groups in total. The Morgan fingerprint density at radius 2 is 1.82 bits per heavy atom. The molecule has 1 aromatic carbocycles. The Bertz CT molecular complexity index is 551. The van der Waals surface area contributed by atoms with Crippen LogP contribution < -0.4 is 20.1 Å². The first-order chi connectivity index (χ1) is 10.5. The highest BCUT2D eigenvalue weighted by molar-refractivity contribution is 5.75. The minimum absolute atomic E-state index is 0.105. The third-order valence-corrected chi connectivity index (χ3v) is 4.38. The Kier molecular flexibility index (Phi) is 4.14. The Labute approximate surface area is 131 Å². The van der Waals surface area contributed by atoms with E-state index in [1.165, 1.54) is 12.8 Å². The van der Waals surface area contributed by atoms with E-state index in [4.69, 9.17) is 9.47 Å². The number of benzene rings is 1. The molecule has 120 valence electrons. The zero-order chi connectivity index (χ0) is 15.6. The molecule has 1 heterocycles. The topological polar surface area (TPSA) is 59.6 Å². The molecule has 2 amide bonds. The van der Waals surface area contributed by atoms with Gasteiger partial charge in [-0.25, -0.2) is 4.79 Å². The lowest BCUT2D eigenvalue weighted by Crippen LogP contribution is -2.49. The lowest BCUT2D eigenvalue weighted by atomic mass is 9.94. The van der Waals surface area contributed by atoms with Crippen LogP contribution in [0.4, 0.5) is 4.79 Å². The summed E-state index contributed by atoms with van der Waals surface area (Å²) in [7, 11) is 0. The fraction of sp³-hybridized carbons (Fsp3) is 0.588. The van der Waals surface area contributed by atoms with Crippen molar-refractivity contribution in [1.29, 1.82) is 0 Å². The highest BCUT2D eigenvalue weighted by atomic mass is 16.6. The Morgan fingerprint density at radius 1 is 1.14 bits per heavy atom. The molecule has 1 aliphatic carbocycles. The molecule has 1 aliphatic heterocycles. The number of rotatable bonds is 3. The maximum absolute atomic E-state index is 12.2. The average Bonchev–Trinajstić information content (AvgIpc) is 2.99. The van der Waals surface area contributed by atoms with E-state index < -0.39 is 5.54 Å². The summed E-state index contributed by atoms with van der Waals surface area (Å²) in [6.45, 7) is 5.13. The van der Waals surface area contributed by atoms with Gasteiger partial charge in [0.15, 0.2) is 11.5 Å². The van der Waals surface area contributed by atoms with Crippen molar-refractivity contribution in [3.63, 3.8) is 0 Å². The number of ether oxygens (including phenoxy) is 2. The highest BCUT2D eigenvalue weighted by Gasteiger charge is 2.26. The van der Waals surface area contributed by atoms with Crippen LogP contribution in [0.25, 0.3) is 0 Å². The molecular formula is C17H24N2O3. The standard InChI is InChI=1S/C17H24N2O3/c1-17(2,19-16(20)18-13-5-3-4-6-13)12-7-8-14-15(11-12)22-10-9-21-14/h7-8,11,13H,3-6,9-10H2,1-2H3,(H2,18,19,20). The van der Waals surface area contributed by atoms with Gasteiger partial charge in [0.2, 0.25) is 0 Å². The molecule has 0 spiro atoms. The van der Waals surface area contributed by atoms with Crippen molar-refractivity contribution in [1.82, 2.24) is 10.6 Å². The van der Waals surface area contributed by atoms with Crippen molar-refractivity contribution >= 4 is 6.03 Å². The maximum atomic E-state index is 12.2. The SMILES string of the molecule is CC(C)(NC(=O)NC1CCCC1)c1ccc2c(c1)OCCO2. The second-order valence-corrected chi connectivity index (χ2v) is 6.56. The fourth-order valence-electron chi connectivity index (χ4n) is 3.08. The molecule has 22 heavy (non-hydrogen) atoms. The number of hydrogen-bond acceptors (Lipinski definition) is 3. The van der Waals surface area contributed by atoms with Gasteiger partial charge in [-0.05, 0) is 44.4 Å². The van der Waals surface area contributed by atoms with Gasteiger partial charge in [0, 0.05) is 6.04 Å². The van der Waals surface area contributed by atoms with Gasteiger partial charge in [-0.2, -0.15) is 0 Å². The number of hydrogen-bond donors (Lipinski definition) is 2. The van der Waals surface area contributed by atoms with E-state index in [0.717, 1.165) is 29.9 Å². The maximum Gasteiger partial charge on any atom is 0.315 e. The van der Waals surface area contributed by atoms with Crippen molar-refractivity contribution in [3.05, 3.63) is 23.8 Å². The first kappa shape index (κ1) is 15.0. The lowest BCUT2D eigenvalue weighted by Gasteiger charge is -2.29. The van der Waals surface area contributed by atoms with Crippen LogP contribution in [0.5, 0.6) is 11.5 Å². The Morgan fingerprint density at radius 3 is 2.55 bits per heavy atom. The zero-order valence-electron chi connectivity index (χ0n) is 13.3. The van der Waals surface area contributed by atoms with Gasteiger partial charge in [0.1, 0.15) is 13.2 Å². The predicted molar refractivity (Wildman–Crippen MR) is 84.4 cm³/mol. The molecule has 1 saturated carbocycles. The summed E-state index contributed by atoms with van der Waals surface area (Å²) in [4.78, 5) is 12.2. The van der Waals surface area contributed by atoms with E-state index >= 15 is 0 Å². The van der Waals surface area contributed by atoms with Crippen LogP contribution in [0, 0.1) is 0 Å². The van der Waals surface area contributed by atoms with Gasteiger partial charge in [-0.15, -0.1) is 0 Å². The molecule has 0 atom stereocenters. The van der Waals surface area contributed by atoms with Gasteiger partial charge >= 0.3 is 6.03 Å². The smallest absolute Gasteiger partial charge is 0.315 e. The summed E-state index contributed by atoms with van der Waals surface area (Å²) in [6, 6.07) is 6.04. The highest BCUT2D eigenvalue weighted by Crippen LogP contribution is 2.34. The third kappa shape index (κ3) is 3.29. The number of amides is 2. The number of carbonyl (C=O) groups is 1. The third-order valence-electron chi connectivity index (χ3n) is 4.38. The summed E-state index contributed by atoms with van der Waals surface area (Å²) < 4.78 is 11.2. The Hall–Kier alpha value is -1.91. The number of urea groups is 1. The van der Waals surface area contributed by atoms with Crippen LogP contribution in [0.1, 0.15) is 45.1 Å². The molecule has 1 aromatic rings. The molecule has 5 heteroatoms. The van der Waals surface area contributed by atoms with Crippen LogP contribution in [-0.4, -0.2) is 25.3 Å². The molecular weight excluding hydrogens is 280 g/mol. The normalized spacial score (nSPS) is 18.1. The van der Waals surface area contributed by atoms with Crippen molar-refractivity contribution in [2.45, 2.75) is 51.1 Å². The van der Waals surface area contributed by atoms with Gasteiger partial charge in [0.05, 0.1) is 5.54 Å². The van der Waals surface area contributed by atoms with E-state index in [1.807, 2.05) is 32.0 Å². The molecule has 2 aliphatic rings. The molecule has 0 saturated heterocycles. The average molecular weight is 304 g/mol. The first-order valence-corrected chi connectivity index (χ1v) is 8.03. The summed E-state index contributed by atoms with van der Waals surface area (Å²) in [5.41, 5.74) is 0.525. The number of fused-ring (bicyclic) bond motifs is 1. The van der Waals surface area contributed by atoms with Crippen LogP contribution >= 0.6 is 0 Å². The van der Waals surface area contributed by atoms with Gasteiger partial charge in [0.25, 0.3) is 0 Å². The fourth-order valence-corrected chi connectivity index (χ4v) is 3.08. The van der Waals surface area contributed by atoms with Gasteiger partial charge in [-0.1, -0.05) is 18.9 Å². The molecule has 3 rings (SSSR count). The minimum Gasteiger partial charge on any atom is -0.486 e. The van der Waals surface area contributed by atoms with Crippen LogP contribution in [0.2, 0.25) is 0 Å². The lowest BCUT2D eigenvalue weighted by molar-refractivity contribution is 0.171. The minimum atomic E-state index is -0.474. The first-order valence-electron chi connectivity index (χ1n) is 8.03. The van der Waals surface area contributed by atoms with Crippen molar-refractivity contribution < 1.29 is 14.3 Å². The van der Waals surface area contributed by atoms with Gasteiger partial charge in [-0.3, -0.25) is 0 Å². The summed E-state index contributed by atoms with van der Waals surface area (Å²) in [5, 5.41) is 6.12. The van der Waals surface area contributed by atoms with Crippen molar-refractivity contribution in [3.8, 4) is 11.5 Å². The molecule has 0 aromatic heterocycles. The van der Waals surface area contributed by atoms with E-state index in [1.54, 1.807) is 0 Å². The Balaban J connectivity index is 1.67. The summed E-state index contributed by atoms with van der Waals surface area (Å²) >= 11 is 0.